The fraction of sp³-hybridized carbons (Fsp3) is 0.389. The maximum absolute atomic E-state index is 4.66. The SMILES string of the molecule is CCC1CCCN(c2cc(-c3ccccc3)nc3ncnn23)C1. The van der Waals surface area contributed by atoms with Crippen molar-refractivity contribution in [3.63, 3.8) is 0 Å². The smallest absolute Gasteiger partial charge is 0.254 e. The van der Waals surface area contributed by atoms with E-state index in [1.807, 2.05) is 22.7 Å². The van der Waals surface area contributed by atoms with E-state index >= 15 is 0 Å². The summed E-state index contributed by atoms with van der Waals surface area (Å²) in [6.07, 6.45) is 5.37. The van der Waals surface area contributed by atoms with Crippen LogP contribution >= 0.6 is 0 Å². The molecule has 1 unspecified atom stereocenters. The van der Waals surface area contributed by atoms with E-state index < -0.39 is 0 Å². The van der Waals surface area contributed by atoms with Crippen molar-refractivity contribution in [1.82, 2.24) is 19.6 Å². The van der Waals surface area contributed by atoms with Crippen LogP contribution in [0.1, 0.15) is 26.2 Å². The quantitative estimate of drug-likeness (QED) is 0.744. The summed E-state index contributed by atoms with van der Waals surface area (Å²) in [5.74, 6) is 2.53. The minimum atomic E-state index is 0.667. The molecule has 23 heavy (non-hydrogen) atoms. The highest BCUT2D eigenvalue weighted by atomic mass is 15.4. The third-order valence-corrected chi connectivity index (χ3v) is 4.72. The van der Waals surface area contributed by atoms with E-state index in [1.54, 1.807) is 6.33 Å². The van der Waals surface area contributed by atoms with Gasteiger partial charge in [0.05, 0.1) is 5.69 Å². The number of anilines is 1. The normalized spacial score (nSPS) is 18.5. The van der Waals surface area contributed by atoms with Crippen LogP contribution < -0.4 is 4.90 Å². The molecule has 118 valence electrons. The lowest BCUT2D eigenvalue weighted by Crippen LogP contribution is -2.36. The summed E-state index contributed by atoms with van der Waals surface area (Å²) < 4.78 is 1.87. The van der Waals surface area contributed by atoms with E-state index in [-0.39, 0.29) is 0 Å². The van der Waals surface area contributed by atoms with Crippen molar-refractivity contribution in [2.45, 2.75) is 26.2 Å². The number of hydrogen-bond donors (Lipinski definition) is 0. The Kier molecular flexibility index (Phi) is 3.69. The highest BCUT2D eigenvalue weighted by molar-refractivity contribution is 5.65. The van der Waals surface area contributed by atoms with Crippen molar-refractivity contribution >= 4 is 11.6 Å². The molecule has 1 aromatic carbocycles. The second-order valence-electron chi connectivity index (χ2n) is 6.20. The predicted octanol–water partition coefficient (Wildman–Crippen LogP) is 3.42. The standard InChI is InChI=1S/C18H21N5/c1-2-14-7-6-10-22(12-14)17-11-16(15-8-4-3-5-9-15)21-18-19-13-20-23(17)18/h3-5,8-9,11,13-14H,2,6-7,10,12H2,1H3. The number of aromatic nitrogens is 4. The van der Waals surface area contributed by atoms with Gasteiger partial charge in [-0.05, 0) is 18.8 Å². The van der Waals surface area contributed by atoms with Crippen LogP contribution in [-0.4, -0.2) is 32.7 Å². The molecule has 0 aliphatic carbocycles. The molecule has 2 aromatic heterocycles. The molecule has 1 atom stereocenters. The van der Waals surface area contributed by atoms with Gasteiger partial charge in [-0.3, -0.25) is 0 Å². The van der Waals surface area contributed by atoms with Crippen LogP contribution in [0.4, 0.5) is 5.82 Å². The molecule has 3 heterocycles. The predicted molar refractivity (Wildman–Crippen MR) is 91.4 cm³/mol. The van der Waals surface area contributed by atoms with Gasteiger partial charge in [0, 0.05) is 24.7 Å². The molecule has 5 heteroatoms. The molecule has 1 fully saturated rings. The van der Waals surface area contributed by atoms with Gasteiger partial charge in [0.1, 0.15) is 12.1 Å². The zero-order valence-electron chi connectivity index (χ0n) is 13.4. The van der Waals surface area contributed by atoms with E-state index in [4.69, 9.17) is 0 Å². The van der Waals surface area contributed by atoms with Crippen LogP contribution in [0.25, 0.3) is 17.0 Å². The first-order valence-electron chi connectivity index (χ1n) is 8.36. The Morgan fingerprint density at radius 2 is 2.09 bits per heavy atom. The highest BCUT2D eigenvalue weighted by Gasteiger charge is 2.22. The Bertz CT molecular complexity index is 796. The summed E-state index contributed by atoms with van der Waals surface area (Å²) in [6, 6.07) is 12.4. The second-order valence-corrected chi connectivity index (χ2v) is 6.20. The van der Waals surface area contributed by atoms with Crippen molar-refractivity contribution in [2.24, 2.45) is 5.92 Å². The maximum Gasteiger partial charge on any atom is 0.254 e. The van der Waals surface area contributed by atoms with Crippen LogP contribution in [0.3, 0.4) is 0 Å². The summed E-state index contributed by atoms with van der Waals surface area (Å²) in [4.78, 5) is 11.4. The van der Waals surface area contributed by atoms with Crippen LogP contribution in [0.15, 0.2) is 42.7 Å². The summed E-state index contributed by atoms with van der Waals surface area (Å²) in [7, 11) is 0. The molecule has 5 nitrogen and oxygen atoms in total. The molecule has 0 bridgehead atoms. The van der Waals surface area contributed by atoms with E-state index in [9.17, 15) is 0 Å². The minimum Gasteiger partial charge on any atom is -0.356 e. The van der Waals surface area contributed by atoms with Gasteiger partial charge in [0.25, 0.3) is 5.78 Å². The Morgan fingerprint density at radius 1 is 1.22 bits per heavy atom. The number of rotatable bonds is 3. The lowest BCUT2D eigenvalue weighted by molar-refractivity contribution is 0.401. The Morgan fingerprint density at radius 3 is 2.91 bits per heavy atom. The molecule has 1 aliphatic heterocycles. The Labute approximate surface area is 136 Å². The summed E-state index contributed by atoms with van der Waals surface area (Å²) in [5.41, 5.74) is 2.07. The first kappa shape index (κ1) is 14.2. The van der Waals surface area contributed by atoms with E-state index in [2.05, 4.69) is 45.1 Å². The molecule has 1 aliphatic rings. The molecule has 0 spiro atoms. The van der Waals surface area contributed by atoms with Crippen LogP contribution in [0.5, 0.6) is 0 Å². The number of hydrogen-bond acceptors (Lipinski definition) is 4. The third kappa shape index (κ3) is 2.67. The third-order valence-electron chi connectivity index (χ3n) is 4.72. The topological polar surface area (TPSA) is 46.3 Å². The fourth-order valence-corrected chi connectivity index (χ4v) is 3.39. The fourth-order valence-electron chi connectivity index (χ4n) is 3.39. The summed E-state index contributed by atoms with van der Waals surface area (Å²) in [6.45, 7) is 4.44. The minimum absolute atomic E-state index is 0.667. The van der Waals surface area contributed by atoms with Crippen LogP contribution in [-0.2, 0) is 0 Å². The van der Waals surface area contributed by atoms with Gasteiger partial charge in [0.15, 0.2) is 0 Å². The Balaban J connectivity index is 1.80. The van der Waals surface area contributed by atoms with Gasteiger partial charge < -0.3 is 4.90 Å². The van der Waals surface area contributed by atoms with Crippen molar-refractivity contribution in [3.8, 4) is 11.3 Å². The molecule has 4 rings (SSSR count). The van der Waals surface area contributed by atoms with E-state index in [0.717, 1.165) is 36.1 Å². The zero-order valence-corrected chi connectivity index (χ0v) is 13.4. The first-order valence-corrected chi connectivity index (χ1v) is 8.36. The molecule has 3 aromatic rings. The van der Waals surface area contributed by atoms with Crippen molar-refractivity contribution < 1.29 is 0 Å². The van der Waals surface area contributed by atoms with Gasteiger partial charge in [-0.15, -0.1) is 0 Å². The molecule has 0 radical (unpaired) electrons. The van der Waals surface area contributed by atoms with E-state index in [1.165, 1.54) is 19.3 Å². The van der Waals surface area contributed by atoms with Gasteiger partial charge >= 0.3 is 0 Å². The van der Waals surface area contributed by atoms with E-state index in [0.29, 0.717) is 5.78 Å². The number of benzene rings is 1. The average molecular weight is 307 g/mol. The van der Waals surface area contributed by atoms with Crippen molar-refractivity contribution in [3.05, 3.63) is 42.7 Å². The monoisotopic (exact) mass is 307 g/mol. The molecule has 0 amide bonds. The molecular formula is C18H21N5. The molecule has 0 N–H and O–H groups in total. The van der Waals surface area contributed by atoms with Crippen LogP contribution in [0.2, 0.25) is 0 Å². The Hall–Kier alpha value is -2.43. The van der Waals surface area contributed by atoms with Crippen molar-refractivity contribution in [1.29, 1.82) is 0 Å². The van der Waals surface area contributed by atoms with Gasteiger partial charge in [-0.25, -0.2) is 4.98 Å². The van der Waals surface area contributed by atoms with Crippen molar-refractivity contribution in [2.75, 3.05) is 18.0 Å². The highest BCUT2D eigenvalue weighted by Crippen LogP contribution is 2.28. The molecule has 1 saturated heterocycles. The lowest BCUT2D eigenvalue weighted by atomic mass is 9.95. The number of nitrogens with zero attached hydrogens (tertiary/aromatic N) is 5. The molecular weight excluding hydrogens is 286 g/mol. The number of fused-ring (bicyclic) bond motifs is 1. The van der Waals surface area contributed by atoms with Gasteiger partial charge in [-0.2, -0.15) is 14.6 Å². The summed E-state index contributed by atoms with van der Waals surface area (Å²) in [5, 5.41) is 4.38. The van der Waals surface area contributed by atoms with Crippen LogP contribution in [0, 0.1) is 5.92 Å². The largest absolute Gasteiger partial charge is 0.356 e. The lowest BCUT2D eigenvalue weighted by Gasteiger charge is -2.33. The first-order chi connectivity index (χ1) is 11.3. The summed E-state index contributed by atoms with van der Waals surface area (Å²) >= 11 is 0. The second kappa shape index (κ2) is 5.99. The maximum atomic E-state index is 4.66. The number of piperidine rings is 1. The molecule has 0 saturated carbocycles. The average Bonchev–Trinajstić information content (AvgIpc) is 3.10. The zero-order chi connectivity index (χ0) is 15.6. The van der Waals surface area contributed by atoms with Gasteiger partial charge in [0.2, 0.25) is 0 Å². The van der Waals surface area contributed by atoms with Gasteiger partial charge in [-0.1, -0.05) is 43.7 Å².